The summed E-state index contributed by atoms with van der Waals surface area (Å²) in [5.74, 6) is -1.81. The molecule has 0 fully saturated rings. The van der Waals surface area contributed by atoms with E-state index in [1.165, 1.54) is 36.4 Å². The number of aryl methyl sites for hydroxylation is 2. The molecule has 6 heteroatoms. The van der Waals surface area contributed by atoms with Gasteiger partial charge in [-0.2, -0.15) is 0 Å². The molecule has 0 heterocycles. The Morgan fingerprint density at radius 3 is 1.32 bits per heavy atom. The number of phenols is 2. The van der Waals surface area contributed by atoms with Crippen LogP contribution in [-0.2, 0) is 12.8 Å². The Morgan fingerprint density at radius 2 is 0.964 bits per heavy atom. The number of hydrogen-bond donors (Lipinski definition) is 4. The number of aromatic carboxylic acids is 2. The van der Waals surface area contributed by atoms with Gasteiger partial charge in [0.15, 0.2) is 0 Å². The van der Waals surface area contributed by atoms with Crippen molar-refractivity contribution in [2.24, 2.45) is 0 Å². The summed E-state index contributed by atoms with van der Waals surface area (Å²) in [5.41, 5.74) is 1.77. The zero-order valence-corrected chi connectivity index (χ0v) is 15.7. The Hall–Kier alpha value is -3.02. The minimum Gasteiger partial charge on any atom is -0.508 e. The zero-order valence-electron chi connectivity index (χ0n) is 15.7. The van der Waals surface area contributed by atoms with Gasteiger partial charge in [-0.15, -0.1) is 0 Å². The molecule has 0 aliphatic carbocycles. The van der Waals surface area contributed by atoms with Gasteiger partial charge in [0.25, 0.3) is 0 Å². The first-order chi connectivity index (χ1) is 13.4. The van der Waals surface area contributed by atoms with E-state index >= 15 is 0 Å². The van der Waals surface area contributed by atoms with E-state index in [4.69, 9.17) is 0 Å². The standard InChI is InChI=1S/C22H26O6/c23-17-9-11-19(21(25)26)15(13-17)7-5-3-1-2-4-6-8-16-14-18(24)10-12-20(16)22(27)28/h9-14,23-24H,1-8H2,(H,25,26)(H,27,28). The van der Waals surface area contributed by atoms with Crippen LogP contribution in [0.25, 0.3) is 0 Å². The predicted molar refractivity (Wildman–Crippen MR) is 105 cm³/mol. The Morgan fingerprint density at radius 1 is 0.607 bits per heavy atom. The number of carboxylic acids is 2. The monoisotopic (exact) mass is 386 g/mol. The van der Waals surface area contributed by atoms with Gasteiger partial charge in [-0.05, 0) is 73.2 Å². The quantitative estimate of drug-likeness (QED) is 0.419. The van der Waals surface area contributed by atoms with Crippen LogP contribution in [0.5, 0.6) is 11.5 Å². The summed E-state index contributed by atoms with van der Waals surface area (Å²) in [6.45, 7) is 0. The second-order valence-corrected chi connectivity index (χ2v) is 6.91. The molecule has 0 saturated carbocycles. The van der Waals surface area contributed by atoms with Crippen LogP contribution in [0, 0.1) is 0 Å². The maximum absolute atomic E-state index is 11.2. The summed E-state index contributed by atoms with van der Waals surface area (Å²) in [6.07, 6.45) is 6.85. The third kappa shape index (κ3) is 6.30. The van der Waals surface area contributed by atoms with Crippen LogP contribution in [0.2, 0.25) is 0 Å². The highest BCUT2D eigenvalue weighted by molar-refractivity contribution is 5.90. The summed E-state index contributed by atoms with van der Waals surface area (Å²) in [6, 6.07) is 8.65. The largest absolute Gasteiger partial charge is 0.508 e. The summed E-state index contributed by atoms with van der Waals surface area (Å²) < 4.78 is 0. The van der Waals surface area contributed by atoms with Gasteiger partial charge in [0, 0.05) is 0 Å². The molecule has 28 heavy (non-hydrogen) atoms. The minimum absolute atomic E-state index is 0.0766. The summed E-state index contributed by atoms with van der Waals surface area (Å²) >= 11 is 0. The van der Waals surface area contributed by atoms with Crippen molar-refractivity contribution >= 4 is 11.9 Å². The van der Waals surface area contributed by atoms with Crippen LogP contribution in [0.15, 0.2) is 36.4 Å². The van der Waals surface area contributed by atoms with Gasteiger partial charge in [-0.1, -0.05) is 25.7 Å². The first-order valence-corrected chi connectivity index (χ1v) is 9.49. The lowest BCUT2D eigenvalue weighted by molar-refractivity contribution is 0.0684. The van der Waals surface area contributed by atoms with Crippen molar-refractivity contribution < 1.29 is 30.0 Å². The third-order valence-electron chi connectivity index (χ3n) is 4.78. The molecule has 0 aliphatic heterocycles. The number of carbonyl (C=O) groups is 2. The molecule has 0 atom stereocenters. The number of phenolic OH excluding ortho intramolecular Hbond substituents is 2. The highest BCUT2D eigenvalue weighted by Gasteiger charge is 2.11. The number of aromatic hydroxyl groups is 2. The van der Waals surface area contributed by atoms with Crippen LogP contribution in [0.1, 0.15) is 70.4 Å². The molecule has 150 valence electrons. The van der Waals surface area contributed by atoms with E-state index in [1.807, 2.05) is 0 Å². The average molecular weight is 386 g/mol. The molecule has 0 bridgehead atoms. The van der Waals surface area contributed by atoms with Gasteiger partial charge in [0.2, 0.25) is 0 Å². The van der Waals surface area contributed by atoms with E-state index < -0.39 is 11.9 Å². The fraction of sp³-hybridized carbons (Fsp3) is 0.364. The van der Waals surface area contributed by atoms with Crippen molar-refractivity contribution in [2.75, 3.05) is 0 Å². The van der Waals surface area contributed by atoms with Gasteiger partial charge in [-0.3, -0.25) is 0 Å². The van der Waals surface area contributed by atoms with Crippen LogP contribution in [-0.4, -0.2) is 32.4 Å². The van der Waals surface area contributed by atoms with Crippen molar-refractivity contribution in [1.29, 1.82) is 0 Å². The van der Waals surface area contributed by atoms with Crippen molar-refractivity contribution in [3.8, 4) is 11.5 Å². The number of carboxylic acid groups (broad SMARTS) is 2. The maximum Gasteiger partial charge on any atom is 0.335 e. The fourth-order valence-electron chi connectivity index (χ4n) is 3.33. The Labute approximate surface area is 164 Å². The molecule has 4 N–H and O–H groups in total. The summed E-state index contributed by atoms with van der Waals surface area (Å²) in [5, 5.41) is 37.5. The van der Waals surface area contributed by atoms with E-state index in [0.717, 1.165) is 38.5 Å². The predicted octanol–water partition coefficient (Wildman–Crippen LogP) is 4.62. The first-order valence-electron chi connectivity index (χ1n) is 9.49. The number of hydrogen-bond acceptors (Lipinski definition) is 4. The molecule has 6 nitrogen and oxygen atoms in total. The Balaban J connectivity index is 1.68. The molecule has 0 aliphatic rings. The van der Waals surface area contributed by atoms with Gasteiger partial charge in [0.05, 0.1) is 11.1 Å². The lowest BCUT2D eigenvalue weighted by Crippen LogP contribution is -2.02. The molecule has 2 aromatic carbocycles. The number of unbranched alkanes of at least 4 members (excludes halogenated alkanes) is 5. The van der Waals surface area contributed by atoms with E-state index in [-0.39, 0.29) is 22.6 Å². The van der Waals surface area contributed by atoms with Crippen molar-refractivity contribution in [1.82, 2.24) is 0 Å². The van der Waals surface area contributed by atoms with Gasteiger partial charge in [-0.25, -0.2) is 9.59 Å². The molecular weight excluding hydrogens is 360 g/mol. The molecule has 0 radical (unpaired) electrons. The molecule has 2 rings (SSSR count). The molecule has 0 amide bonds. The number of rotatable bonds is 11. The topological polar surface area (TPSA) is 115 Å². The molecule has 2 aromatic rings. The second-order valence-electron chi connectivity index (χ2n) is 6.91. The zero-order chi connectivity index (χ0) is 20.5. The third-order valence-corrected chi connectivity index (χ3v) is 4.78. The maximum atomic E-state index is 11.2. The van der Waals surface area contributed by atoms with Crippen molar-refractivity contribution in [2.45, 2.75) is 51.4 Å². The lowest BCUT2D eigenvalue weighted by Gasteiger charge is -2.08. The van der Waals surface area contributed by atoms with Crippen LogP contribution >= 0.6 is 0 Å². The molecule has 0 spiro atoms. The van der Waals surface area contributed by atoms with Gasteiger partial charge < -0.3 is 20.4 Å². The van der Waals surface area contributed by atoms with Gasteiger partial charge >= 0.3 is 11.9 Å². The smallest absolute Gasteiger partial charge is 0.335 e. The molecule has 0 aromatic heterocycles. The number of benzene rings is 2. The second kappa shape index (κ2) is 10.3. The van der Waals surface area contributed by atoms with Crippen LogP contribution in [0.4, 0.5) is 0 Å². The molecular formula is C22H26O6. The van der Waals surface area contributed by atoms with Crippen LogP contribution in [0.3, 0.4) is 0 Å². The summed E-state index contributed by atoms with van der Waals surface area (Å²) in [7, 11) is 0. The van der Waals surface area contributed by atoms with Gasteiger partial charge in [0.1, 0.15) is 11.5 Å². The SMILES string of the molecule is O=C(O)c1ccc(O)cc1CCCCCCCCc1cc(O)ccc1C(=O)O. The Bertz CT molecular complexity index is 758. The highest BCUT2D eigenvalue weighted by atomic mass is 16.4. The highest BCUT2D eigenvalue weighted by Crippen LogP contribution is 2.21. The van der Waals surface area contributed by atoms with E-state index in [2.05, 4.69) is 0 Å². The van der Waals surface area contributed by atoms with Crippen molar-refractivity contribution in [3.05, 3.63) is 58.7 Å². The average Bonchev–Trinajstić information content (AvgIpc) is 2.63. The van der Waals surface area contributed by atoms with E-state index in [1.54, 1.807) is 0 Å². The van der Waals surface area contributed by atoms with E-state index in [9.17, 15) is 30.0 Å². The molecule has 0 unspecified atom stereocenters. The normalized spacial score (nSPS) is 10.7. The Kier molecular flexibility index (Phi) is 7.87. The van der Waals surface area contributed by atoms with Crippen molar-refractivity contribution in [3.63, 3.8) is 0 Å². The van der Waals surface area contributed by atoms with E-state index in [0.29, 0.717) is 24.0 Å². The molecule has 0 saturated heterocycles. The minimum atomic E-state index is -0.984. The van der Waals surface area contributed by atoms with Crippen LogP contribution < -0.4 is 0 Å². The lowest BCUT2D eigenvalue weighted by atomic mass is 9.98. The fourth-order valence-corrected chi connectivity index (χ4v) is 3.33. The first kappa shape index (κ1) is 21.3. The summed E-state index contributed by atoms with van der Waals surface area (Å²) in [4.78, 5) is 22.4.